The molecule has 5 N–H and O–H groups in total. The Labute approximate surface area is 250 Å². The van der Waals surface area contributed by atoms with E-state index < -0.39 is 35.5 Å². The van der Waals surface area contributed by atoms with Crippen LogP contribution in [-0.4, -0.2) is 66.6 Å². The minimum Gasteiger partial charge on any atom is -0.384 e. The maximum Gasteiger partial charge on any atom is 0.251 e. The molecule has 3 heterocycles. The van der Waals surface area contributed by atoms with E-state index in [4.69, 9.17) is 32.2 Å². The molecule has 13 heteroatoms. The van der Waals surface area contributed by atoms with Gasteiger partial charge in [-0.1, -0.05) is 23.7 Å². The molecule has 1 spiro atoms. The maximum absolute atomic E-state index is 14.3. The molecular formula is C29H29ClFN5O5S. The number of nitrogen functional groups attached to an aromatic ring is 1. The second-order valence-corrected chi connectivity index (χ2v) is 11.5. The number of rotatable bonds is 8. The van der Waals surface area contributed by atoms with Crippen molar-refractivity contribution in [2.24, 2.45) is 5.73 Å². The van der Waals surface area contributed by atoms with Crippen LogP contribution in [0.4, 0.5) is 4.39 Å². The largest absolute Gasteiger partial charge is 0.384 e. The van der Waals surface area contributed by atoms with Gasteiger partial charge in [0.05, 0.1) is 32.3 Å². The van der Waals surface area contributed by atoms with Crippen LogP contribution in [0.15, 0.2) is 53.9 Å². The molecule has 0 saturated carbocycles. The number of benzene rings is 2. The summed E-state index contributed by atoms with van der Waals surface area (Å²) in [5.41, 5.74) is 7.32. The van der Waals surface area contributed by atoms with Crippen molar-refractivity contribution in [3.8, 4) is 11.1 Å². The first-order valence-electron chi connectivity index (χ1n) is 13.2. The number of amides is 3. The van der Waals surface area contributed by atoms with E-state index in [1.165, 1.54) is 34.4 Å². The van der Waals surface area contributed by atoms with Gasteiger partial charge in [0, 0.05) is 38.4 Å². The SMILES string of the molecule is C[C@@H](NC(=O)C1CC2(CN1C(=O)CNC(=O)c1ccc(-c3ccc(Cl)cc3F)cc1)OCCO2)c1cc(C(=N)N)cs1. The number of nitrogens with zero attached hydrogens (tertiary/aromatic N) is 1. The van der Waals surface area contributed by atoms with Gasteiger partial charge in [0.25, 0.3) is 5.91 Å². The molecule has 42 heavy (non-hydrogen) atoms. The van der Waals surface area contributed by atoms with E-state index in [0.29, 0.717) is 29.9 Å². The van der Waals surface area contributed by atoms with E-state index in [1.807, 2.05) is 0 Å². The normalized spacial score (nSPS) is 18.2. The molecule has 5 rings (SSSR count). The number of thiophene rings is 1. The average Bonchev–Trinajstić information content (AvgIpc) is 3.72. The van der Waals surface area contributed by atoms with Crippen LogP contribution in [0.2, 0.25) is 5.02 Å². The standard InChI is InChI=1S/C29H29ClFN5O5S/c1-16(24-10-19(14-42-24)26(32)33)35-28(39)23-12-29(40-8-9-41-29)15-36(23)25(37)13-34-27(38)18-4-2-17(3-5-18)21-7-6-20(30)11-22(21)31/h2-7,10-11,14,16,23H,8-9,12-13,15H2,1H3,(H3,32,33)(H,34,38)(H,35,39)/t16-,23?/m1/s1. The number of ether oxygens (including phenoxy) is 2. The lowest BCUT2D eigenvalue weighted by molar-refractivity contribution is -0.152. The highest BCUT2D eigenvalue weighted by Gasteiger charge is 2.52. The number of amidine groups is 1. The van der Waals surface area contributed by atoms with Gasteiger partial charge in [-0.15, -0.1) is 11.3 Å². The van der Waals surface area contributed by atoms with E-state index in [1.54, 1.807) is 42.6 Å². The number of hydrogen-bond acceptors (Lipinski definition) is 7. The fraction of sp³-hybridized carbons (Fsp3) is 0.310. The Balaban J connectivity index is 1.23. The van der Waals surface area contributed by atoms with Crippen LogP contribution in [0.3, 0.4) is 0 Å². The lowest BCUT2D eigenvalue weighted by atomic mass is 10.0. The minimum atomic E-state index is -1.08. The van der Waals surface area contributed by atoms with Gasteiger partial charge in [0.15, 0.2) is 5.79 Å². The molecule has 10 nitrogen and oxygen atoms in total. The van der Waals surface area contributed by atoms with Gasteiger partial charge >= 0.3 is 0 Å². The van der Waals surface area contributed by atoms with Crippen molar-refractivity contribution >= 4 is 46.5 Å². The zero-order valence-corrected chi connectivity index (χ0v) is 24.2. The molecule has 2 aromatic carbocycles. The van der Waals surface area contributed by atoms with Crippen LogP contribution in [0.5, 0.6) is 0 Å². The van der Waals surface area contributed by atoms with E-state index in [-0.39, 0.29) is 41.8 Å². The molecule has 2 atom stereocenters. The van der Waals surface area contributed by atoms with E-state index in [2.05, 4.69) is 10.6 Å². The zero-order valence-electron chi connectivity index (χ0n) is 22.6. The predicted octanol–water partition coefficient (Wildman–Crippen LogP) is 3.44. The smallest absolute Gasteiger partial charge is 0.251 e. The van der Waals surface area contributed by atoms with Crippen molar-refractivity contribution in [3.63, 3.8) is 0 Å². The Morgan fingerprint density at radius 2 is 1.88 bits per heavy atom. The van der Waals surface area contributed by atoms with Gasteiger partial charge in [0.2, 0.25) is 11.8 Å². The van der Waals surface area contributed by atoms with Crippen molar-refractivity contribution in [2.45, 2.75) is 31.2 Å². The molecule has 2 fully saturated rings. The summed E-state index contributed by atoms with van der Waals surface area (Å²) in [6.45, 7) is 2.20. The molecule has 2 saturated heterocycles. The van der Waals surface area contributed by atoms with E-state index in [0.717, 1.165) is 4.88 Å². The first-order chi connectivity index (χ1) is 20.0. The predicted molar refractivity (Wildman–Crippen MR) is 156 cm³/mol. The number of hydrogen-bond donors (Lipinski definition) is 4. The monoisotopic (exact) mass is 613 g/mol. The quantitative estimate of drug-likeness (QED) is 0.226. The zero-order chi connectivity index (χ0) is 30.0. The molecule has 220 valence electrons. The third-order valence-corrected chi connectivity index (χ3v) is 8.58. The highest BCUT2D eigenvalue weighted by Crippen LogP contribution is 2.35. The van der Waals surface area contributed by atoms with Gasteiger partial charge in [0.1, 0.15) is 17.7 Å². The van der Waals surface area contributed by atoms with Crippen LogP contribution in [0.1, 0.15) is 40.2 Å². The van der Waals surface area contributed by atoms with Crippen molar-refractivity contribution in [2.75, 3.05) is 26.3 Å². The molecule has 0 aliphatic carbocycles. The van der Waals surface area contributed by atoms with Crippen LogP contribution in [0.25, 0.3) is 11.1 Å². The van der Waals surface area contributed by atoms with Gasteiger partial charge in [-0.25, -0.2) is 4.39 Å². The number of halogens is 2. The second kappa shape index (κ2) is 12.2. The van der Waals surface area contributed by atoms with Crippen molar-refractivity contribution in [3.05, 3.63) is 80.8 Å². The van der Waals surface area contributed by atoms with Crippen molar-refractivity contribution in [1.29, 1.82) is 5.41 Å². The molecule has 2 aliphatic rings. The van der Waals surface area contributed by atoms with Gasteiger partial charge < -0.3 is 30.7 Å². The summed E-state index contributed by atoms with van der Waals surface area (Å²) in [5.74, 6) is -2.98. The van der Waals surface area contributed by atoms with Crippen LogP contribution >= 0.6 is 22.9 Å². The summed E-state index contributed by atoms with van der Waals surface area (Å²) >= 11 is 7.20. The fourth-order valence-electron chi connectivity index (χ4n) is 5.03. The third-order valence-electron chi connectivity index (χ3n) is 7.23. The lowest BCUT2D eigenvalue weighted by Crippen LogP contribution is -2.49. The van der Waals surface area contributed by atoms with Crippen LogP contribution in [0, 0.1) is 11.2 Å². The second-order valence-electron chi connectivity index (χ2n) is 10.1. The summed E-state index contributed by atoms with van der Waals surface area (Å²) in [5, 5.41) is 15.2. The van der Waals surface area contributed by atoms with Crippen molar-refractivity contribution < 1.29 is 28.2 Å². The molecule has 1 aromatic heterocycles. The number of nitrogens with two attached hydrogens (primary N) is 1. The Morgan fingerprint density at radius 1 is 1.17 bits per heavy atom. The first-order valence-corrected chi connectivity index (χ1v) is 14.5. The van der Waals surface area contributed by atoms with Crippen molar-refractivity contribution in [1.82, 2.24) is 15.5 Å². The number of likely N-dealkylation sites (tertiary alicyclic amines) is 1. The van der Waals surface area contributed by atoms with E-state index in [9.17, 15) is 18.8 Å². The highest BCUT2D eigenvalue weighted by atomic mass is 35.5. The average molecular weight is 614 g/mol. The molecule has 1 unspecified atom stereocenters. The van der Waals surface area contributed by atoms with Crippen LogP contribution in [-0.2, 0) is 19.1 Å². The van der Waals surface area contributed by atoms with E-state index >= 15 is 0 Å². The summed E-state index contributed by atoms with van der Waals surface area (Å²) in [6, 6.07) is 11.1. The van der Waals surface area contributed by atoms with Gasteiger partial charge in [-0.3, -0.25) is 19.8 Å². The fourth-order valence-corrected chi connectivity index (χ4v) is 6.10. The molecule has 3 amide bonds. The van der Waals surface area contributed by atoms with Gasteiger partial charge in [-0.2, -0.15) is 0 Å². The molecule has 0 bridgehead atoms. The topological polar surface area (TPSA) is 147 Å². The molecule has 2 aliphatic heterocycles. The first kappa shape index (κ1) is 29.6. The maximum atomic E-state index is 14.3. The Bertz CT molecular complexity index is 1520. The van der Waals surface area contributed by atoms with Crippen LogP contribution < -0.4 is 16.4 Å². The Hall–Kier alpha value is -3.84. The minimum absolute atomic E-state index is 0.0447. The summed E-state index contributed by atoms with van der Waals surface area (Å²) < 4.78 is 25.8. The lowest BCUT2D eigenvalue weighted by Gasteiger charge is -2.25. The number of nitrogens with one attached hydrogen (secondary N) is 3. The summed E-state index contributed by atoms with van der Waals surface area (Å²) in [4.78, 5) is 41.7. The van der Waals surface area contributed by atoms with Gasteiger partial charge in [-0.05, 0) is 48.9 Å². The highest BCUT2D eigenvalue weighted by molar-refractivity contribution is 7.10. The summed E-state index contributed by atoms with van der Waals surface area (Å²) in [6.07, 6.45) is 0.150. The molecular weight excluding hydrogens is 585 g/mol. The molecule has 3 aromatic rings. The third kappa shape index (κ3) is 6.31. The number of carbonyl (C=O) groups is 3. The Morgan fingerprint density at radius 3 is 2.52 bits per heavy atom. The summed E-state index contributed by atoms with van der Waals surface area (Å²) in [7, 11) is 0. The molecule has 0 radical (unpaired) electrons. The number of carbonyl (C=O) groups excluding carboxylic acids is 3. The Kier molecular flexibility index (Phi) is 8.60.